The molecular weight excluding hydrogens is 317 g/mol. The highest BCUT2D eigenvalue weighted by Gasteiger charge is 2.13. The molecule has 108 valence electrons. The number of aromatic nitrogens is 2. The largest absolute Gasteiger partial charge is 0.269 e. The molecule has 0 saturated heterocycles. The molecule has 0 unspecified atom stereocenters. The average Bonchev–Trinajstić information content (AvgIpc) is 2.81. The van der Waals surface area contributed by atoms with E-state index in [-0.39, 0.29) is 0 Å². The predicted octanol–water partition coefficient (Wildman–Crippen LogP) is 5.44. The van der Waals surface area contributed by atoms with Gasteiger partial charge in [0.2, 0.25) is 0 Å². The van der Waals surface area contributed by atoms with Crippen molar-refractivity contribution in [3.63, 3.8) is 0 Å². The lowest BCUT2D eigenvalue weighted by Crippen LogP contribution is -1.92. The van der Waals surface area contributed by atoms with Crippen molar-refractivity contribution in [3.8, 4) is 11.1 Å². The molecule has 3 rings (SSSR count). The fourth-order valence-electron chi connectivity index (χ4n) is 2.47. The van der Waals surface area contributed by atoms with Crippen molar-refractivity contribution in [3.05, 3.63) is 69.8 Å². The van der Waals surface area contributed by atoms with Crippen LogP contribution in [0.4, 0.5) is 0 Å². The Morgan fingerprint density at radius 1 is 1.18 bits per heavy atom. The second-order valence-electron chi connectivity index (χ2n) is 4.78. The van der Waals surface area contributed by atoms with Gasteiger partial charge < -0.3 is 0 Å². The van der Waals surface area contributed by atoms with Crippen LogP contribution < -0.4 is 0 Å². The number of hydrogen-bond donors (Lipinski definition) is 0. The van der Waals surface area contributed by atoms with Gasteiger partial charge in [-0.15, -0.1) is 0 Å². The number of benzene rings is 2. The fourth-order valence-corrected chi connectivity index (χ4v) is 2.98. The van der Waals surface area contributed by atoms with Crippen LogP contribution in [0, 0.1) is 6.57 Å². The third kappa shape index (κ3) is 2.48. The number of rotatable bonds is 2. The lowest BCUT2D eigenvalue weighted by atomic mass is 10.0. The zero-order valence-electron chi connectivity index (χ0n) is 11.7. The van der Waals surface area contributed by atoms with Crippen molar-refractivity contribution in [2.45, 2.75) is 0 Å². The van der Waals surface area contributed by atoms with Crippen LogP contribution >= 0.6 is 23.2 Å². The van der Waals surface area contributed by atoms with E-state index in [1.54, 1.807) is 16.8 Å². The molecule has 0 bridgehead atoms. The van der Waals surface area contributed by atoms with Gasteiger partial charge in [-0.05, 0) is 18.2 Å². The van der Waals surface area contributed by atoms with Gasteiger partial charge in [0.15, 0.2) is 6.20 Å². The summed E-state index contributed by atoms with van der Waals surface area (Å²) in [7, 11) is 1.86. The minimum Gasteiger partial charge on any atom is -0.269 e. The quantitative estimate of drug-likeness (QED) is 0.574. The van der Waals surface area contributed by atoms with Gasteiger partial charge in [0, 0.05) is 33.6 Å². The SMILES string of the molecule is [C-]#[N+]/C=C/c1c2cccc(-c3ccc(Cl)cc3Cl)c2nn1C. The number of nitrogens with zero attached hydrogens (tertiary/aromatic N) is 3. The van der Waals surface area contributed by atoms with E-state index in [4.69, 9.17) is 29.8 Å². The van der Waals surface area contributed by atoms with Crippen LogP contribution in [0.5, 0.6) is 0 Å². The van der Waals surface area contributed by atoms with Crippen molar-refractivity contribution in [1.82, 2.24) is 9.78 Å². The summed E-state index contributed by atoms with van der Waals surface area (Å²) in [5.41, 5.74) is 3.56. The van der Waals surface area contributed by atoms with Crippen LogP contribution in [0.2, 0.25) is 10.0 Å². The molecule has 3 nitrogen and oxygen atoms in total. The van der Waals surface area contributed by atoms with Gasteiger partial charge in [0.05, 0.1) is 12.3 Å². The van der Waals surface area contributed by atoms with E-state index in [0.29, 0.717) is 10.0 Å². The molecule has 2 aromatic carbocycles. The Morgan fingerprint density at radius 3 is 2.73 bits per heavy atom. The first-order valence-electron chi connectivity index (χ1n) is 6.56. The lowest BCUT2D eigenvalue weighted by Gasteiger charge is -2.05. The summed E-state index contributed by atoms with van der Waals surface area (Å²) < 4.78 is 1.76. The second kappa shape index (κ2) is 5.84. The van der Waals surface area contributed by atoms with Gasteiger partial charge in [-0.3, -0.25) is 4.68 Å². The smallest absolute Gasteiger partial charge is 0.156 e. The maximum Gasteiger partial charge on any atom is 0.156 e. The first-order chi connectivity index (χ1) is 10.6. The summed E-state index contributed by atoms with van der Waals surface area (Å²) >= 11 is 12.3. The van der Waals surface area contributed by atoms with Crippen molar-refractivity contribution >= 4 is 40.2 Å². The summed E-state index contributed by atoms with van der Waals surface area (Å²) in [6.07, 6.45) is 3.19. The lowest BCUT2D eigenvalue weighted by molar-refractivity contribution is 0.771. The molecule has 0 atom stereocenters. The number of aryl methyl sites for hydroxylation is 1. The van der Waals surface area contributed by atoms with Gasteiger partial charge in [-0.2, -0.15) is 5.10 Å². The summed E-state index contributed by atoms with van der Waals surface area (Å²) in [6.45, 7) is 6.89. The third-order valence-corrected chi connectivity index (χ3v) is 3.99. The Balaban J connectivity index is 2.28. The van der Waals surface area contributed by atoms with Crippen LogP contribution in [0.1, 0.15) is 5.69 Å². The molecule has 0 aliphatic rings. The Labute approximate surface area is 138 Å². The topological polar surface area (TPSA) is 22.2 Å². The van der Waals surface area contributed by atoms with E-state index in [1.165, 1.54) is 6.20 Å². The molecule has 5 heteroatoms. The van der Waals surface area contributed by atoms with E-state index in [1.807, 2.05) is 37.4 Å². The molecule has 22 heavy (non-hydrogen) atoms. The predicted molar refractivity (Wildman–Crippen MR) is 91.8 cm³/mol. The molecule has 0 saturated carbocycles. The fraction of sp³-hybridized carbons (Fsp3) is 0.0588. The molecule has 0 amide bonds. The minimum atomic E-state index is 0.587. The van der Waals surface area contributed by atoms with Crippen molar-refractivity contribution < 1.29 is 0 Å². The first-order valence-corrected chi connectivity index (χ1v) is 7.31. The van der Waals surface area contributed by atoms with Crippen molar-refractivity contribution in [1.29, 1.82) is 0 Å². The van der Waals surface area contributed by atoms with Gasteiger partial charge in [0.1, 0.15) is 5.52 Å². The molecule has 0 aliphatic carbocycles. The van der Waals surface area contributed by atoms with Crippen molar-refractivity contribution in [2.75, 3.05) is 0 Å². The van der Waals surface area contributed by atoms with E-state index in [2.05, 4.69) is 9.94 Å². The summed E-state index contributed by atoms with van der Waals surface area (Å²) in [5, 5.41) is 6.74. The Kier molecular flexibility index (Phi) is 3.89. The Morgan fingerprint density at radius 2 is 2.00 bits per heavy atom. The summed E-state index contributed by atoms with van der Waals surface area (Å²) in [6, 6.07) is 11.3. The third-order valence-electron chi connectivity index (χ3n) is 3.44. The molecule has 0 N–H and O–H groups in total. The second-order valence-corrected chi connectivity index (χ2v) is 5.62. The number of halogens is 2. The summed E-state index contributed by atoms with van der Waals surface area (Å²) in [5.74, 6) is 0. The molecule has 0 aliphatic heterocycles. The van der Waals surface area contributed by atoms with Crippen LogP contribution in [0.15, 0.2) is 42.6 Å². The monoisotopic (exact) mass is 327 g/mol. The highest BCUT2D eigenvalue weighted by atomic mass is 35.5. The van der Waals surface area contributed by atoms with Crippen molar-refractivity contribution in [2.24, 2.45) is 7.05 Å². The first kappa shape index (κ1) is 14.6. The van der Waals surface area contributed by atoms with Crippen LogP contribution in [-0.2, 0) is 7.05 Å². The van der Waals surface area contributed by atoms with E-state index >= 15 is 0 Å². The molecule has 1 aromatic heterocycles. The van der Waals surface area contributed by atoms with E-state index < -0.39 is 0 Å². The molecule has 0 fully saturated rings. The molecule has 1 heterocycles. The molecule has 0 radical (unpaired) electrons. The highest BCUT2D eigenvalue weighted by molar-refractivity contribution is 6.36. The molecule has 3 aromatic rings. The molecule has 0 spiro atoms. The van der Waals surface area contributed by atoms with Crippen LogP contribution in [-0.4, -0.2) is 9.78 Å². The van der Waals surface area contributed by atoms with Crippen LogP contribution in [0.3, 0.4) is 0 Å². The number of fused-ring (bicyclic) bond motifs is 1. The van der Waals surface area contributed by atoms with E-state index in [9.17, 15) is 0 Å². The zero-order chi connectivity index (χ0) is 15.7. The number of hydrogen-bond acceptors (Lipinski definition) is 1. The van der Waals surface area contributed by atoms with Crippen LogP contribution in [0.25, 0.3) is 33.0 Å². The van der Waals surface area contributed by atoms with Gasteiger partial charge in [0.25, 0.3) is 0 Å². The van der Waals surface area contributed by atoms with Gasteiger partial charge in [-0.1, -0.05) is 47.5 Å². The molecular formula is C17H11Cl2N3. The minimum absolute atomic E-state index is 0.587. The van der Waals surface area contributed by atoms with Gasteiger partial charge >= 0.3 is 0 Å². The zero-order valence-corrected chi connectivity index (χ0v) is 13.2. The maximum atomic E-state index is 6.89. The summed E-state index contributed by atoms with van der Waals surface area (Å²) in [4.78, 5) is 3.26. The average molecular weight is 328 g/mol. The maximum absolute atomic E-state index is 6.89. The highest BCUT2D eigenvalue weighted by Crippen LogP contribution is 2.35. The van der Waals surface area contributed by atoms with E-state index in [0.717, 1.165) is 27.7 Å². The Hall–Kier alpha value is -2.28. The normalized spacial score (nSPS) is 11.2. The van der Waals surface area contributed by atoms with Gasteiger partial charge in [-0.25, -0.2) is 4.85 Å². The Bertz CT molecular complexity index is 933. The standard InChI is InChI=1S/C17H11Cl2N3/c1-20-9-8-16-14-5-3-4-13(17(14)21-22(16)2)12-7-6-11(18)10-15(12)19/h3-10H,2H3/b9-8+.